The van der Waals surface area contributed by atoms with Gasteiger partial charge in [-0.3, -0.25) is 9.69 Å². The minimum atomic E-state index is -0.649. The summed E-state index contributed by atoms with van der Waals surface area (Å²) in [6, 6.07) is 7.98. The Hall–Kier alpha value is -1.81. The number of rotatable bonds is 3. The molecule has 110 valence electrons. The van der Waals surface area contributed by atoms with Crippen molar-refractivity contribution in [3.8, 4) is 0 Å². The molecule has 1 aliphatic heterocycles. The van der Waals surface area contributed by atoms with Crippen molar-refractivity contribution < 1.29 is 9.90 Å². The third-order valence-electron chi connectivity index (χ3n) is 5.36. The van der Waals surface area contributed by atoms with Crippen LogP contribution in [0.3, 0.4) is 0 Å². The molecule has 1 atom stereocenters. The number of benzene rings is 1. The van der Waals surface area contributed by atoms with E-state index in [9.17, 15) is 9.90 Å². The van der Waals surface area contributed by atoms with E-state index in [1.54, 1.807) is 0 Å². The van der Waals surface area contributed by atoms with E-state index >= 15 is 0 Å². The summed E-state index contributed by atoms with van der Waals surface area (Å²) in [5, 5.41) is 10.8. The molecular weight excluding hydrogens is 264 g/mol. The fraction of sp³-hybridized carbons (Fsp3) is 0.471. The summed E-state index contributed by atoms with van der Waals surface area (Å²) in [6.07, 6.45) is 6.47. The first-order valence-electron chi connectivity index (χ1n) is 7.71. The molecule has 2 aromatic rings. The van der Waals surface area contributed by atoms with E-state index in [0.717, 1.165) is 31.4 Å². The number of likely N-dealkylation sites (tertiary alicyclic amines) is 1. The summed E-state index contributed by atoms with van der Waals surface area (Å²) in [6.45, 7) is 1.67. The summed E-state index contributed by atoms with van der Waals surface area (Å²) in [7, 11) is 0. The number of fused-ring (bicyclic) bond motifs is 1. The van der Waals surface area contributed by atoms with Crippen molar-refractivity contribution in [1.29, 1.82) is 0 Å². The molecule has 1 aromatic heterocycles. The summed E-state index contributed by atoms with van der Waals surface area (Å²) in [5.74, 6) is -0.649. The number of aromatic nitrogens is 1. The average molecular weight is 284 g/mol. The van der Waals surface area contributed by atoms with E-state index in [1.165, 1.54) is 23.8 Å². The maximum absolute atomic E-state index is 11.7. The minimum Gasteiger partial charge on any atom is -0.480 e. The SMILES string of the molecule is O=C(O)C1N(Cc2cccc3[nH]ccc23)CC12CCCC2. The van der Waals surface area contributed by atoms with Gasteiger partial charge in [0, 0.05) is 35.6 Å². The summed E-state index contributed by atoms with van der Waals surface area (Å²) in [5.41, 5.74) is 2.39. The second-order valence-corrected chi connectivity index (χ2v) is 6.57. The van der Waals surface area contributed by atoms with Crippen molar-refractivity contribution in [2.24, 2.45) is 5.41 Å². The van der Waals surface area contributed by atoms with Crippen molar-refractivity contribution in [2.45, 2.75) is 38.3 Å². The predicted molar refractivity (Wildman–Crippen MR) is 81.0 cm³/mol. The quantitative estimate of drug-likeness (QED) is 0.911. The highest BCUT2D eigenvalue weighted by Gasteiger charge is 2.56. The molecule has 1 aliphatic carbocycles. The molecule has 4 nitrogen and oxygen atoms in total. The molecule has 1 unspecified atom stereocenters. The highest BCUT2D eigenvalue weighted by atomic mass is 16.4. The molecule has 2 heterocycles. The van der Waals surface area contributed by atoms with Gasteiger partial charge in [-0.1, -0.05) is 25.0 Å². The number of carbonyl (C=O) groups is 1. The molecule has 2 aliphatic rings. The number of aromatic amines is 1. The molecule has 0 amide bonds. The molecular formula is C17H20N2O2. The van der Waals surface area contributed by atoms with Crippen LogP contribution in [-0.2, 0) is 11.3 Å². The van der Waals surface area contributed by atoms with Gasteiger partial charge in [0.1, 0.15) is 6.04 Å². The van der Waals surface area contributed by atoms with Crippen LogP contribution in [0.2, 0.25) is 0 Å². The normalized spacial score (nSPS) is 24.5. The maximum atomic E-state index is 11.7. The molecule has 1 aromatic carbocycles. The Morgan fingerprint density at radius 1 is 1.33 bits per heavy atom. The highest BCUT2D eigenvalue weighted by molar-refractivity contribution is 5.83. The van der Waals surface area contributed by atoms with Gasteiger partial charge in [0.25, 0.3) is 0 Å². The van der Waals surface area contributed by atoms with E-state index in [0.29, 0.717) is 0 Å². The van der Waals surface area contributed by atoms with Crippen molar-refractivity contribution in [2.75, 3.05) is 6.54 Å². The second-order valence-electron chi connectivity index (χ2n) is 6.57. The number of carboxylic acids is 1. The Kier molecular flexibility index (Phi) is 2.82. The molecule has 21 heavy (non-hydrogen) atoms. The van der Waals surface area contributed by atoms with Crippen LogP contribution in [-0.4, -0.2) is 33.5 Å². The highest BCUT2D eigenvalue weighted by Crippen LogP contribution is 2.51. The number of nitrogens with one attached hydrogen (secondary N) is 1. The van der Waals surface area contributed by atoms with Gasteiger partial charge in [0.15, 0.2) is 0 Å². The largest absolute Gasteiger partial charge is 0.480 e. The first kappa shape index (κ1) is 12.9. The van der Waals surface area contributed by atoms with Gasteiger partial charge >= 0.3 is 5.97 Å². The summed E-state index contributed by atoms with van der Waals surface area (Å²) in [4.78, 5) is 17.1. The van der Waals surface area contributed by atoms with Gasteiger partial charge in [0.05, 0.1) is 0 Å². The van der Waals surface area contributed by atoms with Gasteiger partial charge in [-0.25, -0.2) is 0 Å². The lowest BCUT2D eigenvalue weighted by atomic mass is 9.70. The molecule has 2 fully saturated rings. The third kappa shape index (κ3) is 1.89. The van der Waals surface area contributed by atoms with Crippen LogP contribution < -0.4 is 0 Å². The van der Waals surface area contributed by atoms with Crippen LogP contribution in [0.15, 0.2) is 30.5 Å². The summed E-state index contributed by atoms with van der Waals surface area (Å²) < 4.78 is 0. The Morgan fingerprint density at radius 3 is 2.90 bits per heavy atom. The zero-order chi connectivity index (χ0) is 14.4. The first-order valence-corrected chi connectivity index (χ1v) is 7.71. The van der Waals surface area contributed by atoms with Crippen LogP contribution in [0, 0.1) is 5.41 Å². The fourth-order valence-electron chi connectivity index (χ4n) is 4.44. The first-order chi connectivity index (χ1) is 10.2. The minimum absolute atomic E-state index is 0.0534. The van der Waals surface area contributed by atoms with Gasteiger partial charge in [-0.2, -0.15) is 0 Å². The Bertz CT molecular complexity index is 685. The van der Waals surface area contributed by atoms with Gasteiger partial charge < -0.3 is 10.1 Å². The second kappa shape index (κ2) is 4.60. The monoisotopic (exact) mass is 284 g/mol. The van der Waals surface area contributed by atoms with Gasteiger partial charge in [-0.15, -0.1) is 0 Å². The molecule has 1 saturated carbocycles. The van der Waals surface area contributed by atoms with Crippen molar-refractivity contribution in [1.82, 2.24) is 9.88 Å². The van der Waals surface area contributed by atoms with Gasteiger partial charge in [-0.05, 0) is 30.5 Å². The molecule has 1 saturated heterocycles. The third-order valence-corrected chi connectivity index (χ3v) is 5.36. The van der Waals surface area contributed by atoms with Crippen LogP contribution >= 0.6 is 0 Å². The van der Waals surface area contributed by atoms with Crippen molar-refractivity contribution in [3.63, 3.8) is 0 Å². The standard InChI is InChI=1S/C17H20N2O2/c20-16(21)15-17(7-1-2-8-17)11-19(15)10-12-4-3-5-14-13(12)6-9-18-14/h3-6,9,15,18H,1-2,7-8,10-11H2,(H,20,21). The van der Waals surface area contributed by atoms with E-state index in [4.69, 9.17) is 0 Å². The number of hydrogen-bond acceptors (Lipinski definition) is 2. The van der Waals surface area contributed by atoms with Crippen LogP contribution in [0.1, 0.15) is 31.2 Å². The predicted octanol–water partition coefficient (Wildman–Crippen LogP) is 3.00. The number of carboxylic acid groups (broad SMARTS) is 1. The maximum Gasteiger partial charge on any atom is 0.321 e. The number of nitrogens with zero attached hydrogens (tertiary/aromatic N) is 1. The average Bonchev–Trinajstić information content (AvgIpc) is 3.06. The van der Waals surface area contributed by atoms with E-state index in [2.05, 4.69) is 28.1 Å². The lowest BCUT2D eigenvalue weighted by Crippen LogP contribution is -2.66. The Labute approximate surface area is 123 Å². The fourth-order valence-corrected chi connectivity index (χ4v) is 4.44. The number of aliphatic carboxylic acids is 1. The molecule has 1 spiro atoms. The van der Waals surface area contributed by atoms with Crippen LogP contribution in [0.4, 0.5) is 0 Å². The number of H-pyrrole nitrogens is 1. The van der Waals surface area contributed by atoms with Crippen LogP contribution in [0.25, 0.3) is 10.9 Å². The lowest BCUT2D eigenvalue weighted by Gasteiger charge is -2.54. The zero-order valence-corrected chi connectivity index (χ0v) is 12.0. The van der Waals surface area contributed by atoms with E-state index in [1.807, 2.05) is 12.3 Å². The molecule has 0 bridgehead atoms. The zero-order valence-electron chi connectivity index (χ0n) is 12.0. The molecule has 2 N–H and O–H groups in total. The van der Waals surface area contributed by atoms with Crippen molar-refractivity contribution in [3.05, 3.63) is 36.0 Å². The lowest BCUT2D eigenvalue weighted by molar-refractivity contribution is -0.166. The molecule has 0 radical (unpaired) electrons. The topological polar surface area (TPSA) is 56.3 Å². The summed E-state index contributed by atoms with van der Waals surface area (Å²) >= 11 is 0. The Balaban J connectivity index is 1.60. The molecule has 4 heteroatoms. The van der Waals surface area contributed by atoms with E-state index in [-0.39, 0.29) is 11.5 Å². The van der Waals surface area contributed by atoms with Crippen molar-refractivity contribution >= 4 is 16.9 Å². The Morgan fingerprint density at radius 2 is 2.14 bits per heavy atom. The smallest absolute Gasteiger partial charge is 0.321 e. The van der Waals surface area contributed by atoms with Gasteiger partial charge in [0.2, 0.25) is 0 Å². The number of hydrogen-bond donors (Lipinski definition) is 2. The molecule has 4 rings (SSSR count). The van der Waals surface area contributed by atoms with Crippen LogP contribution in [0.5, 0.6) is 0 Å². The van der Waals surface area contributed by atoms with E-state index < -0.39 is 5.97 Å².